The SMILES string of the molecule is Cn1c(C(F)(F)F)cc(=O)n(-c2cc(Oc3cn[nH]c3)c(Cl)cc2F)c1=O. The van der Waals surface area contributed by atoms with Crippen molar-refractivity contribution < 1.29 is 22.3 Å². The molecular formula is C15H9ClF4N4O3. The van der Waals surface area contributed by atoms with Gasteiger partial charge in [-0.2, -0.15) is 18.3 Å². The number of rotatable bonds is 3. The lowest BCUT2D eigenvalue weighted by atomic mass is 10.2. The topological polar surface area (TPSA) is 81.9 Å². The molecule has 7 nitrogen and oxygen atoms in total. The summed E-state index contributed by atoms with van der Waals surface area (Å²) in [5.41, 5.74) is -4.82. The van der Waals surface area contributed by atoms with Crippen LogP contribution in [0.25, 0.3) is 5.69 Å². The third-order valence-corrected chi connectivity index (χ3v) is 3.85. The highest BCUT2D eigenvalue weighted by molar-refractivity contribution is 6.32. The van der Waals surface area contributed by atoms with Crippen LogP contribution in [-0.4, -0.2) is 19.3 Å². The van der Waals surface area contributed by atoms with Crippen LogP contribution < -0.4 is 16.0 Å². The summed E-state index contributed by atoms with van der Waals surface area (Å²) in [4.78, 5) is 24.4. The van der Waals surface area contributed by atoms with Crippen LogP contribution >= 0.6 is 11.6 Å². The number of nitrogens with zero attached hydrogens (tertiary/aromatic N) is 3. The number of ether oxygens (including phenoxy) is 1. The second-order valence-corrected chi connectivity index (χ2v) is 5.72. The van der Waals surface area contributed by atoms with Gasteiger partial charge >= 0.3 is 11.9 Å². The van der Waals surface area contributed by atoms with E-state index in [-0.39, 0.29) is 31.7 Å². The van der Waals surface area contributed by atoms with Crippen molar-refractivity contribution in [3.8, 4) is 17.2 Å². The average molecular weight is 405 g/mol. The van der Waals surface area contributed by atoms with E-state index in [0.717, 1.165) is 19.2 Å². The minimum absolute atomic E-state index is 0.136. The molecule has 0 atom stereocenters. The number of hydrogen-bond donors (Lipinski definition) is 1. The number of aromatic nitrogens is 4. The van der Waals surface area contributed by atoms with Crippen molar-refractivity contribution in [3.05, 3.63) is 68.0 Å². The van der Waals surface area contributed by atoms with Crippen LogP contribution in [0.2, 0.25) is 5.02 Å². The molecule has 0 radical (unpaired) electrons. The minimum atomic E-state index is -4.93. The zero-order valence-corrected chi connectivity index (χ0v) is 14.1. The summed E-state index contributed by atoms with van der Waals surface area (Å²) in [5.74, 6) is -1.04. The summed E-state index contributed by atoms with van der Waals surface area (Å²) in [7, 11) is 0.817. The molecule has 0 fully saturated rings. The molecule has 27 heavy (non-hydrogen) atoms. The number of benzene rings is 1. The Morgan fingerprint density at radius 3 is 2.52 bits per heavy atom. The predicted octanol–water partition coefficient (Wildman–Crippen LogP) is 2.86. The molecule has 0 amide bonds. The molecule has 2 aromatic heterocycles. The van der Waals surface area contributed by atoms with Crippen molar-refractivity contribution in [3.63, 3.8) is 0 Å². The maximum atomic E-state index is 14.3. The van der Waals surface area contributed by atoms with Crippen LogP contribution in [0.1, 0.15) is 5.69 Å². The second-order valence-electron chi connectivity index (χ2n) is 5.31. The van der Waals surface area contributed by atoms with Crippen molar-refractivity contribution in [1.82, 2.24) is 19.3 Å². The van der Waals surface area contributed by atoms with E-state index >= 15 is 0 Å². The normalized spacial score (nSPS) is 11.6. The van der Waals surface area contributed by atoms with Gasteiger partial charge in [0.2, 0.25) is 0 Å². The number of aromatic amines is 1. The summed E-state index contributed by atoms with van der Waals surface area (Å²) in [6.07, 6.45) is -2.30. The third-order valence-electron chi connectivity index (χ3n) is 3.55. The van der Waals surface area contributed by atoms with Crippen LogP contribution in [0.5, 0.6) is 11.5 Å². The molecular weight excluding hydrogens is 396 g/mol. The monoisotopic (exact) mass is 404 g/mol. The maximum Gasteiger partial charge on any atom is 0.431 e. The van der Waals surface area contributed by atoms with E-state index in [1.807, 2.05) is 0 Å². The molecule has 142 valence electrons. The highest BCUT2D eigenvalue weighted by Gasteiger charge is 2.35. The number of H-pyrrole nitrogens is 1. The first-order valence-corrected chi connectivity index (χ1v) is 7.53. The average Bonchev–Trinajstić information content (AvgIpc) is 3.07. The van der Waals surface area contributed by atoms with Crippen LogP contribution in [-0.2, 0) is 13.2 Å². The van der Waals surface area contributed by atoms with Crippen molar-refractivity contribution in [1.29, 1.82) is 0 Å². The lowest BCUT2D eigenvalue weighted by Gasteiger charge is -2.15. The second kappa shape index (κ2) is 6.58. The molecule has 1 N–H and O–H groups in total. The highest BCUT2D eigenvalue weighted by Crippen LogP contribution is 2.32. The Labute approximate surface area is 152 Å². The largest absolute Gasteiger partial charge is 0.452 e. The third kappa shape index (κ3) is 3.45. The van der Waals surface area contributed by atoms with Gasteiger partial charge in [0.15, 0.2) is 5.75 Å². The fraction of sp³-hybridized carbons (Fsp3) is 0.133. The van der Waals surface area contributed by atoms with Gasteiger partial charge in [-0.15, -0.1) is 0 Å². The van der Waals surface area contributed by atoms with Gasteiger partial charge in [0.25, 0.3) is 5.56 Å². The summed E-state index contributed by atoms with van der Waals surface area (Å²) in [5, 5.41) is 5.92. The van der Waals surface area contributed by atoms with Gasteiger partial charge in [-0.05, 0) is 6.07 Å². The molecule has 0 bridgehead atoms. The van der Waals surface area contributed by atoms with Gasteiger partial charge in [-0.3, -0.25) is 14.5 Å². The van der Waals surface area contributed by atoms with E-state index in [1.165, 1.54) is 12.4 Å². The van der Waals surface area contributed by atoms with Crippen LogP contribution in [0, 0.1) is 5.82 Å². The fourth-order valence-electron chi connectivity index (χ4n) is 2.31. The highest BCUT2D eigenvalue weighted by atomic mass is 35.5. The number of hydrogen-bond acceptors (Lipinski definition) is 4. The van der Waals surface area contributed by atoms with E-state index in [0.29, 0.717) is 0 Å². The Hall–Kier alpha value is -3.08. The fourth-order valence-corrected chi connectivity index (χ4v) is 2.50. The van der Waals surface area contributed by atoms with Gasteiger partial charge in [-0.25, -0.2) is 13.8 Å². The number of halogens is 5. The van der Waals surface area contributed by atoms with Crippen molar-refractivity contribution in [2.75, 3.05) is 0 Å². The molecule has 0 aliphatic heterocycles. The summed E-state index contributed by atoms with van der Waals surface area (Å²) in [6, 6.07) is 1.91. The number of nitrogens with one attached hydrogen (secondary N) is 1. The first-order chi connectivity index (χ1) is 12.6. The van der Waals surface area contributed by atoms with E-state index in [4.69, 9.17) is 16.3 Å². The van der Waals surface area contributed by atoms with Crippen LogP contribution in [0.3, 0.4) is 0 Å². The van der Waals surface area contributed by atoms with Gasteiger partial charge in [0.05, 0.1) is 23.1 Å². The molecule has 0 saturated carbocycles. The van der Waals surface area contributed by atoms with E-state index < -0.39 is 34.6 Å². The Morgan fingerprint density at radius 2 is 1.93 bits per heavy atom. The first kappa shape index (κ1) is 18.7. The number of alkyl halides is 3. The summed E-state index contributed by atoms with van der Waals surface area (Å²) < 4.78 is 58.9. The van der Waals surface area contributed by atoms with E-state index in [9.17, 15) is 27.2 Å². The smallest absolute Gasteiger partial charge is 0.431 e. The Kier molecular flexibility index (Phi) is 4.56. The van der Waals surface area contributed by atoms with Gasteiger partial charge < -0.3 is 4.74 Å². The van der Waals surface area contributed by atoms with Crippen LogP contribution in [0.4, 0.5) is 17.6 Å². The zero-order chi connectivity index (χ0) is 19.9. The lowest BCUT2D eigenvalue weighted by Crippen LogP contribution is -2.41. The van der Waals surface area contributed by atoms with Crippen LogP contribution in [0.15, 0.2) is 40.2 Å². The Morgan fingerprint density at radius 1 is 1.22 bits per heavy atom. The Balaban J connectivity index is 2.21. The van der Waals surface area contributed by atoms with Crippen molar-refractivity contribution >= 4 is 11.6 Å². The van der Waals surface area contributed by atoms with Gasteiger partial charge in [-0.1, -0.05) is 11.6 Å². The minimum Gasteiger partial charge on any atom is -0.452 e. The van der Waals surface area contributed by atoms with Crippen molar-refractivity contribution in [2.45, 2.75) is 6.18 Å². The maximum absolute atomic E-state index is 14.3. The summed E-state index contributed by atoms with van der Waals surface area (Å²) in [6.45, 7) is 0. The molecule has 12 heteroatoms. The molecule has 1 aromatic carbocycles. The van der Waals surface area contributed by atoms with Gasteiger partial charge in [0.1, 0.15) is 17.3 Å². The zero-order valence-electron chi connectivity index (χ0n) is 13.3. The molecule has 0 spiro atoms. The van der Waals surface area contributed by atoms with Crippen molar-refractivity contribution in [2.24, 2.45) is 7.05 Å². The molecule has 3 aromatic rings. The Bertz CT molecular complexity index is 1120. The molecule has 0 aliphatic carbocycles. The molecule has 0 aliphatic rings. The molecule has 0 saturated heterocycles. The standard InChI is InChI=1S/C15H9ClF4N4O3/c1-23-12(15(18,19)20)4-13(25)24(14(23)26)10-3-11(8(16)2-9(10)17)27-7-5-21-22-6-7/h2-6H,1H3,(H,21,22). The molecule has 0 unspecified atom stereocenters. The van der Waals surface area contributed by atoms with E-state index in [2.05, 4.69) is 10.2 Å². The van der Waals surface area contributed by atoms with E-state index in [1.54, 1.807) is 0 Å². The quantitative estimate of drug-likeness (QED) is 0.681. The predicted molar refractivity (Wildman–Crippen MR) is 85.9 cm³/mol. The first-order valence-electron chi connectivity index (χ1n) is 7.16. The van der Waals surface area contributed by atoms with Gasteiger partial charge in [0, 0.05) is 19.2 Å². The molecule has 3 rings (SSSR count). The molecule has 2 heterocycles. The summed E-state index contributed by atoms with van der Waals surface area (Å²) >= 11 is 5.89. The lowest BCUT2D eigenvalue weighted by molar-refractivity contribution is -0.144.